The van der Waals surface area contributed by atoms with Crippen LogP contribution in [-0.2, 0) is 17.4 Å². The molecule has 2 aromatic rings. The van der Waals surface area contributed by atoms with Crippen molar-refractivity contribution in [1.29, 1.82) is 0 Å². The van der Waals surface area contributed by atoms with Crippen LogP contribution in [-0.4, -0.2) is 15.5 Å². The molecule has 0 spiro atoms. The molecule has 4 heteroatoms. The first-order valence-electron chi connectivity index (χ1n) is 5.90. The number of nitrogens with zero attached hydrogens (tertiary/aromatic N) is 1. The fourth-order valence-electron chi connectivity index (χ4n) is 2.39. The number of ketones is 1. The van der Waals surface area contributed by atoms with Crippen LogP contribution < -0.4 is 0 Å². The Labute approximate surface area is 109 Å². The smallest absolute Gasteiger partial charge is 0.178 e. The first-order chi connectivity index (χ1) is 8.99. The zero-order chi connectivity index (χ0) is 13.6. The molecule has 0 atom stereocenters. The molecule has 3 nitrogen and oxygen atoms in total. The van der Waals surface area contributed by atoms with Gasteiger partial charge < -0.3 is 9.67 Å². The van der Waals surface area contributed by atoms with E-state index in [2.05, 4.69) is 0 Å². The topological polar surface area (TPSA) is 42.2 Å². The molecule has 1 aliphatic carbocycles. The monoisotopic (exact) mass is 257 g/mol. The van der Waals surface area contributed by atoms with Gasteiger partial charge in [0.2, 0.25) is 0 Å². The van der Waals surface area contributed by atoms with Gasteiger partial charge in [-0.1, -0.05) is 0 Å². The van der Waals surface area contributed by atoms with E-state index in [4.69, 9.17) is 0 Å². The third kappa shape index (κ3) is 1.81. The minimum absolute atomic E-state index is 0.158. The van der Waals surface area contributed by atoms with E-state index in [0.717, 1.165) is 5.39 Å². The second kappa shape index (κ2) is 3.90. The quantitative estimate of drug-likeness (QED) is 0.851. The lowest BCUT2D eigenvalue weighted by Gasteiger charge is -2.23. The number of fused-ring (bicyclic) bond motifs is 1. The summed E-state index contributed by atoms with van der Waals surface area (Å²) in [5.41, 5.74) is -0.0479. The highest BCUT2D eigenvalue weighted by Crippen LogP contribution is 2.31. The van der Waals surface area contributed by atoms with Crippen molar-refractivity contribution in [2.24, 2.45) is 7.05 Å². The molecule has 1 aromatic carbocycles. The first kappa shape index (κ1) is 11.9. The predicted octanol–water partition coefficient (Wildman–Crippen LogP) is 2.20. The highest BCUT2D eigenvalue weighted by molar-refractivity contribution is 6.00. The number of aromatic nitrogens is 1. The van der Waals surface area contributed by atoms with Crippen LogP contribution in [0.1, 0.15) is 5.69 Å². The van der Waals surface area contributed by atoms with Crippen LogP contribution in [0.5, 0.6) is 0 Å². The summed E-state index contributed by atoms with van der Waals surface area (Å²) in [6.07, 6.45) is 5.55. The van der Waals surface area contributed by atoms with Gasteiger partial charge in [0.1, 0.15) is 11.4 Å². The fraction of sp³-hybridized carbons (Fsp3) is 0.133. The van der Waals surface area contributed by atoms with E-state index in [1.165, 1.54) is 36.4 Å². The molecule has 1 aliphatic rings. The molecule has 0 aliphatic heterocycles. The van der Waals surface area contributed by atoms with E-state index in [1.807, 2.05) is 0 Å². The van der Waals surface area contributed by atoms with Crippen LogP contribution in [0.15, 0.2) is 48.6 Å². The standard InChI is InChI=1S/C15H12FNO2/c1-17-13-9-11(16)3-2-10(13)8-14(17)15(19)6-4-12(18)5-7-15/h2-9,19H,1H3. The molecular formula is C15H12FNO2. The summed E-state index contributed by atoms with van der Waals surface area (Å²) < 4.78 is 15.0. The average molecular weight is 257 g/mol. The molecule has 0 unspecified atom stereocenters. The fourth-order valence-corrected chi connectivity index (χ4v) is 2.39. The normalized spacial score (nSPS) is 17.3. The average Bonchev–Trinajstić information content (AvgIpc) is 2.72. The van der Waals surface area contributed by atoms with Crippen molar-refractivity contribution in [3.8, 4) is 0 Å². The minimum atomic E-state index is -1.34. The Morgan fingerprint density at radius 1 is 1.21 bits per heavy atom. The number of rotatable bonds is 1. The largest absolute Gasteiger partial charge is 0.376 e. The number of benzene rings is 1. The van der Waals surface area contributed by atoms with E-state index in [9.17, 15) is 14.3 Å². The number of carbonyl (C=O) groups excluding carboxylic acids is 1. The molecule has 0 saturated heterocycles. The van der Waals surface area contributed by atoms with Crippen LogP contribution in [0.2, 0.25) is 0 Å². The van der Waals surface area contributed by atoms with Gasteiger partial charge in [-0.3, -0.25) is 4.79 Å². The summed E-state index contributed by atoms with van der Waals surface area (Å²) in [4.78, 5) is 11.1. The molecule has 0 fully saturated rings. The number of hydrogen-bond acceptors (Lipinski definition) is 2. The Balaban J connectivity index is 2.21. The Hall–Kier alpha value is -2.20. The molecule has 0 amide bonds. The maximum Gasteiger partial charge on any atom is 0.178 e. The Bertz CT molecular complexity index is 724. The third-order valence-electron chi connectivity index (χ3n) is 3.42. The van der Waals surface area contributed by atoms with E-state index in [0.29, 0.717) is 11.2 Å². The van der Waals surface area contributed by atoms with Crippen LogP contribution in [0.25, 0.3) is 10.9 Å². The van der Waals surface area contributed by atoms with Crippen LogP contribution in [0.3, 0.4) is 0 Å². The van der Waals surface area contributed by atoms with E-state index >= 15 is 0 Å². The highest BCUT2D eigenvalue weighted by Gasteiger charge is 2.29. The van der Waals surface area contributed by atoms with E-state index < -0.39 is 5.60 Å². The van der Waals surface area contributed by atoms with Gasteiger partial charge in [-0.05, 0) is 48.6 Å². The van der Waals surface area contributed by atoms with Gasteiger partial charge in [-0.25, -0.2) is 4.39 Å². The second-order valence-corrected chi connectivity index (χ2v) is 4.69. The van der Waals surface area contributed by atoms with Crippen molar-refractivity contribution in [2.75, 3.05) is 0 Å². The summed E-state index contributed by atoms with van der Waals surface area (Å²) in [6.45, 7) is 0. The summed E-state index contributed by atoms with van der Waals surface area (Å²) in [5.74, 6) is -0.480. The van der Waals surface area contributed by atoms with Crippen molar-refractivity contribution >= 4 is 16.7 Å². The summed E-state index contributed by atoms with van der Waals surface area (Å²) in [6, 6.07) is 6.26. The first-order valence-corrected chi connectivity index (χ1v) is 5.90. The van der Waals surface area contributed by atoms with Crippen molar-refractivity contribution in [1.82, 2.24) is 4.57 Å². The lowest BCUT2D eigenvalue weighted by molar-refractivity contribution is -0.110. The second-order valence-electron chi connectivity index (χ2n) is 4.69. The molecule has 1 heterocycles. The molecular weight excluding hydrogens is 245 g/mol. The molecule has 19 heavy (non-hydrogen) atoms. The lowest BCUT2D eigenvalue weighted by atomic mass is 9.94. The Morgan fingerprint density at radius 2 is 1.89 bits per heavy atom. The van der Waals surface area contributed by atoms with Gasteiger partial charge in [0.05, 0.1) is 11.2 Å². The number of carbonyl (C=O) groups is 1. The molecule has 0 bridgehead atoms. The predicted molar refractivity (Wildman–Crippen MR) is 70.1 cm³/mol. The molecule has 0 saturated carbocycles. The third-order valence-corrected chi connectivity index (χ3v) is 3.42. The number of hydrogen-bond donors (Lipinski definition) is 1. The number of halogens is 1. The minimum Gasteiger partial charge on any atom is -0.376 e. The summed E-state index contributed by atoms with van der Waals surface area (Å²) in [5, 5.41) is 11.4. The van der Waals surface area contributed by atoms with Gasteiger partial charge in [0, 0.05) is 12.4 Å². The zero-order valence-electron chi connectivity index (χ0n) is 10.3. The van der Waals surface area contributed by atoms with Gasteiger partial charge >= 0.3 is 0 Å². The Kier molecular flexibility index (Phi) is 2.43. The van der Waals surface area contributed by atoms with Crippen molar-refractivity contribution in [3.63, 3.8) is 0 Å². The van der Waals surface area contributed by atoms with Crippen LogP contribution >= 0.6 is 0 Å². The van der Waals surface area contributed by atoms with Gasteiger partial charge in [-0.2, -0.15) is 0 Å². The Morgan fingerprint density at radius 3 is 2.58 bits per heavy atom. The lowest BCUT2D eigenvalue weighted by Crippen LogP contribution is -2.25. The van der Waals surface area contributed by atoms with Crippen molar-refractivity contribution < 1.29 is 14.3 Å². The molecule has 96 valence electrons. The number of aliphatic hydroxyl groups is 1. The van der Waals surface area contributed by atoms with Gasteiger partial charge in [0.15, 0.2) is 5.78 Å². The summed E-state index contributed by atoms with van der Waals surface area (Å²) >= 11 is 0. The SMILES string of the molecule is Cn1c(C2(O)C=CC(=O)C=C2)cc2ccc(F)cc21. The maximum absolute atomic E-state index is 13.3. The zero-order valence-corrected chi connectivity index (χ0v) is 10.3. The number of allylic oxidation sites excluding steroid dienone is 2. The van der Waals surface area contributed by atoms with Gasteiger partial charge in [-0.15, -0.1) is 0 Å². The van der Waals surface area contributed by atoms with Crippen LogP contribution in [0, 0.1) is 5.82 Å². The molecule has 1 N–H and O–H groups in total. The van der Waals surface area contributed by atoms with Crippen molar-refractivity contribution in [2.45, 2.75) is 5.60 Å². The van der Waals surface area contributed by atoms with Gasteiger partial charge in [0.25, 0.3) is 0 Å². The van der Waals surface area contributed by atoms with E-state index in [1.54, 1.807) is 23.7 Å². The molecule has 0 radical (unpaired) electrons. The molecule has 3 rings (SSSR count). The number of aryl methyl sites for hydroxylation is 1. The highest BCUT2D eigenvalue weighted by atomic mass is 19.1. The molecule has 1 aromatic heterocycles. The van der Waals surface area contributed by atoms with E-state index in [-0.39, 0.29) is 11.6 Å². The van der Waals surface area contributed by atoms with Crippen LogP contribution in [0.4, 0.5) is 4.39 Å². The summed E-state index contributed by atoms with van der Waals surface area (Å²) in [7, 11) is 1.76. The maximum atomic E-state index is 13.3. The van der Waals surface area contributed by atoms with Crippen molar-refractivity contribution in [3.05, 3.63) is 60.1 Å².